The number of nitrogens with zero attached hydrogens (tertiary/aromatic N) is 1. The Balaban J connectivity index is 1.75. The first-order valence-electron chi connectivity index (χ1n) is 6.61. The summed E-state index contributed by atoms with van der Waals surface area (Å²) in [6, 6.07) is 0. The highest BCUT2D eigenvalue weighted by Crippen LogP contribution is 2.22. The molecule has 1 fully saturated rings. The van der Waals surface area contributed by atoms with Gasteiger partial charge in [0.05, 0.1) is 5.01 Å². The summed E-state index contributed by atoms with van der Waals surface area (Å²) in [5.41, 5.74) is 0.350. The highest BCUT2D eigenvalue weighted by molar-refractivity contribution is 7.09. The quantitative estimate of drug-likeness (QED) is 0.817. The average Bonchev–Trinajstić information content (AvgIpc) is 3.01. The van der Waals surface area contributed by atoms with E-state index in [1.54, 1.807) is 11.3 Å². The maximum absolute atomic E-state index is 4.37. The van der Waals surface area contributed by atoms with Gasteiger partial charge in [0.1, 0.15) is 0 Å². The lowest BCUT2D eigenvalue weighted by atomic mass is 9.94. The number of hydrogen-bond donors (Lipinski definition) is 2. The molecule has 2 unspecified atom stereocenters. The van der Waals surface area contributed by atoms with E-state index in [-0.39, 0.29) is 0 Å². The standard InChI is InChI=1S/C13H23N3S/c1-3-13(5-4-6-16-13)10-14-9-11(2)12-15-7-8-17-12/h7-8,11,14,16H,3-6,9-10H2,1-2H3. The summed E-state index contributed by atoms with van der Waals surface area (Å²) in [5, 5.41) is 10.6. The van der Waals surface area contributed by atoms with Gasteiger partial charge in [-0.1, -0.05) is 13.8 Å². The molecule has 0 aliphatic carbocycles. The second-order valence-electron chi connectivity index (χ2n) is 5.07. The van der Waals surface area contributed by atoms with E-state index in [1.807, 2.05) is 6.20 Å². The molecule has 0 bridgehead atoms. The Bertz CT molecular complexity index is 317. The van der Waals surface area contributed by atoms with Gasteiger partial charge in [0.2, 0.25) is 0 Å². The van der Waals surface area contributed by atoms with Crippen molar-refractivity contribution >= 4 is 11.3 Å². The molecule has 1 aliphatic rings. The van der Waals surface area contributed by atoms with E-state index in [9.17, 15) is 0 Å². The first-order chi connectivity index (χ1) is 8.26. The van der Waals surface area contributed by atoms with Gasteiger partial charge in [-0.3, -0.25) is 0 Å². The third-order valence-corrected chi connectivity index (χ3v) is 4.80. The molecule has 0 aromatic carbocycles. The van der Waals surface area contributed by atoms with Crippen molar-refractivity contribution < 1.29 is 0 Å². The van der Waals surface area contributed by atoms with Crippen LogP contribution in [0.15, 0.2) is 11.6 Å². The molecule has 17 heavy (non-hydrogen) atoms. The number of rotatable bonds is 6. The van der Waals surface area contributed by atoms with Crippen LogP contribution >= 0.6 is 11.3 Å². The molecule has 0 radical (unpaired) electrons. The Morgan fingerprint density at radius 1 is 1.65 bits per heavy atom. The van der Waals surface area contributed by atoms with Crippen LogP contribution in [0.25, 0.3) is 0 Å². The van der Waals surface area contributed by atoms with E-state index in [4.69, 9.17) is 0 Å². The van der Waals surface area contributed by atoms with Crippen LogP contribution in [0.4, 0.5) is 0 Å². The molecular weight excluding hydrogens is 230 g/mol. The Kier molecular flexibility index (Phi) is 4.54. The normalized spacial score (nSPS) is 26.2. The van der Waals surface area contributed by atoms with Crippen LogP contribution in [0.3, 0.4) is 0 Å². The van der Waals surface area contributed by atoms with Crippen LogP contribution in [-0.2, 0) is 0 Å². The third-order valence-electron chi connectivity index (χ3n) is 3.80. The summed E-state index contributed by atoms with van der Waals surface area (Å²) in [7, 11) is 0. The summed E-state index contributed by atoms with van der Waals surface area (Å²) in [4.78, 5) is 4.37. The number of aromatic nitrogens is 1. The highest BCUT2D eigenvalue weighted by atomic mass is 32.1. The summed E-state index contributed by atoms with van der Waals surface area (Å²) in [5.74, 6) is 0.519. The van der Waals surface area contributed by atoms with Gasteiger partial charge in [0, 0.05) is 36.1 Å². The number of thiazole rings is 1. The zero-order chi connectivity index (χ0) is 12.1. The van der Waals surface area contributed by atoms with E-state index in [0.29, 0.717) is 11.5 Å². The lowest BCUT2D eigenvalue weighted by Gasteiger charge is -2.29. The molecule has 1 aromatic heterocycles. The first-order valence-corrected chi connectivity index (χ1v) is 7.49. The molecule has 1 aromatic rings. The van der Waals surface area contributed by atoms with E-state index in [0.717, 1.165) is 13.1 Å². The van der Waals surface area contributed by atoms with Gasteiger partial charge in [-0.2, -0.15) is 0 Å². The van der Waals surface area contributed by atoms with Crippen LogP contribution < -0.4 is 10.6 Å². The lowest BCUT2D eigenvalue weighted by Crippen LogP contribution is -2.48. The summed E-state index contributed by atoms with van der Waals surface area (Å²) in [6.07, 6.45) is 5.73. The van der Waals surface area contributed by atoms with Gasteiger partial charge < -0.3 is 10.6 Å². The van der Waals surface area contributed by atoms with Crippen molar-refractivity contribution in [1.82, 2.24) is 15.6 Å². The Morgan fingerprint density at radius 2 is 2.53 bits per heavy atom. The topological polar surface area (TPSA) is 37.0 Å². The fourth-order valence-corrected chi connectivity index (χ4v) is 3.24. The molecule has 96 valence electrons. The molecule has 1 saturated heterocycles. The SMILES string of the molecule is CCC1(CNCC(C)c2nccs2)CCCN1. The first kappa shape index (κ1) is 13.0. The molecule has 1 aliphatic heterocycles. The minimum atomic E-state index is 0.350. The van der Waals surface area contributed by atoms with Crippen molar-refractivity contribution in [3.05, 3.63) is 16.6 Å². The summed E-state index contributed by atoms with van der Waals surface area (Å²) >= 11 is 1.75. The van der Waals surface area contributed by atoms with Gasteiger partial charge in [-0.05, 0) is 25.8 Å². The van der Waals surface area contributed by atoms with Crippen molar-refractivity contribution in [1.29, 1.82) is 0 Å². The van der Waals surface area contributed by atoms with Crippen molar-refractivity contribution in [2.24, 2.45) is 0 Å². The number of hydrogen-bond acceptors (Lipinski definition) is 4. The molecule has 3 nitrogen and oxygen atoms in total. The van der Waals surface area contributed by atoms with Gasteiger partial charge >= 0.3 is 0 Å². The maximum atomic E-state index is 4.37. The fourth-order valence-electron chi connectivity index (χ4n) is 2.54. The summed E-state index contributed by atoms with van der Waals surface area (Å²) in [6.45, 7) is 7.81. The van der Waals surface area contributed by atoms with Gasteiger partial charge in [-0.15, -0.1) is 11.3 Å². The molecule has 2 rings (SSSR count). The van der Waals surface area contributed by atoms with Crippen LogP contribution in [0.2, 0.25) is 0 Å². The van der Waals surface area contributed by atoms with Crippen molar-refractivity contribution in [2.75, 3.05) is 19.6 Å². The van der Waals surface area contributed by atoms with Crippen LogP contribution in [0.1, 0.15) is 44.0 Å². The zero-order valence-corrected chi connectivity index (χ0v) is 11.6. The average molecular weight is 253 g/mol. The monoisotopic (exact) mass is 253 g/mol. The lowest BCUT2D eigenvalue weighted by molar-refractivity contribution is 0.338. The number of nitrogens with one attached hydrogen (secondary N) is 2. The van der Waals surface area contributed by atoms with Gasteiger partial charge in [0.25, 0.3) is 0 Å². The largest absolute Gasteiger partial charge is 0.314 e. The minimum Gasteiger partial charge on any atom is -0.314 e. The molecule has 2 atom stereocenters. The minimum absolute atomic E-state index is 0.350. The highest BCUT2D eigenvalue weighted by Gasteiger charge is 2.30. The van der Waals surface area contributed by atoms with Gasteiger partial charge in [0.15, 0.2) is 0 Å². The van der Waals surface area contributed by atoms with E-state index in [1.165, 1.54) is 30.8 Å². The molecule has 2 heterocycles. The smallest absolute Gasteiger partial charge is 0.0965 e. The van der Waals surface area contributed by atoms with Crippen molar-refractivity contribution in [3.8, 4) is 0 Å². The molecule has 2 N–H and O–H groups in total. The molecular formula is C13H23N3S. The Labute approximate surface area is 108 Å². The second-order valence-corrected chi connectivity index (χ2v) is 5.99. The zero-order valence-electron chi connectivity index (χ0n) is 10.8. The molecule has 0 amide bonds. The van der Waals surface area contributed by atoms with Crippen LogP contribution in [0, 0.1) is 0 Å². The molecule has 0 spiro atoms. The molecule has 0 saturated carbocycles. The van der Waals surface area contributed by atoms with Crippen molar-refractivity contribution in [2.45, 2.75) is 44.6 Å². The maximum Gasteiger partial charge on any atom is 0.0965 e. The fraction of sp³-hybridized carbons (Fsp3) is 0.769. The van der Waals surface area contributed by atoms with Crippen LogP contribution in [0.5, 0.6) is 0 Å². The van der Waals surface area contributed by atoms with Crippen molar-refractivity contribution in [3.63, 3.8) is 0 Å². The second kappa shape index (κ2) is 5.94. The van der Waals surface area contributed by atoms with Gasteiger partial charge in [-0.25, -0.2) is 4.98 Å². The predicted molar refractivity (Wildman–Crippen MR) is 73.7 cm³/mol. The Morgan fingerprint density at radius 3 is 3.12 bits per heavy atom. The molecule has 4 heteroatoms. The predicted octanol–water partition coefficient (Wildman–Crippen LogP) is 2.37. The van der Waals surface area contributed by atoms with E-state index in [2.05, 4.69) is 34.8 Å². The third kappa shape index (κ3) is 3.27. The van der Waals surface area contributed by atoms with E-state index >= 15 is 0 Å². The Hall–Kier alpha value is -0.450. The van der Waals surface area contributed by atoms with Crippen LogP contribution in [-0.4, -0.2) is 30.2 Å². The van der Waals surface area contributed by atoms with E-state index < -0.39 is 0 Å². The summed E-state index contributed by atoms with van der Waals surface area (Å²) < 4.78 is 0.